The maximum atomic E-state index is 13.8. The second-order valence-electron chi connectivity index (χ2n) is 9.82. The van der Waals surface area contributed by atoms with Gasteiger partial charge in [-0.25, -0.2) is 0 Å². The summed E-state index contributed by atoms with van der Waals surface area (Å²) in [7, 11) is 0. The molecule has 3 fully saturated rings. The number of esters is 1. The Balaban J connectivity index is 1.51. The van der Waals surface area contributed by atoms with E-state index in [9.17, 15) is 14.4 Å². The van der Waals surface area contributed by atoms with Crippen molar-refractivity contribution in [3.63, 3.8) is 0 Å². The van der Waals surface area contributed by atoms with Gasteiger partial charge in [-0.1, -0.05) is 11.8 Å². The Labute approximate surface area is 186 Å². The van der Waals surface area contributed by atoms with Crippen molar-refractivity contribution in [1.29, 1.82) is 0 Å². The third-order valence-electron chi connectivity index (χ3n) is 7.98. The van der Waals surface area contributed by atoms with Crippen molar-refractivity contribution in [2.75, 3.05) is 13.1 Å². The number of piperidine rings is 1. The van der Waals surface area contributed by atoms with Crippen molar-refractivity contribution in [1.82, 2.24) is 4.90 Å². The van der Waals surface area contributed by atoms with E-state index < -0.39 is 5.97 Å². The molecule has 0 radical (unpaired) electrons. The number of hydrogen-bond acceptors (Lipinski definition) is 7. The van der Waals surface area contributed by atoms with Crippen molar-refractivity contribution >= 4 is 28.6 Å². The highest BCUT2D eigenvalue weighted by Gasteiger charge is 2.68. The second-order valence-corrected chi connectivity index (χ2v) is 11.2. The molecule has 5 aliphatic rings. The van der Waals surface area contributed by atoms with Gasteiger partial charge in [-0.3, -0.25) is 19.3 Å². The molecule has 2 aliphatic heterocycles. The van der Waals surface area contributed by atoms with Gasteiger partial charge in [0.05, 0.1) is 11.3 Å². The molecule has 2 unspecified atom stereocenters. The fourth-order valence-electron chi connectivity index (χ4n) is 6.81. The highest BCUT2D eigenvalue weighted by molar-refractivity contribution is 8.14. The predicted octanol–water partition coefficient (Wildman–Crippen LogP) is 3.35. The van der Waals surface area contributed by atoms with Crippen LogP contribution >= 0.6 is 11.8 Å². The highest BCUT2D eigenvalue weighted by atomic mass is 32.2. The van der Waals surface area contributed by atoms with E-state index in [0.29, 0.717) is 11.5 Å². The van der Waals surface area contributed by atoms with Crippen LogP contribution in [0, 0.1) is 11.8 Å². The smallest absolute Gasteiger partial charge is 0.308 e. The van der Waals surface area contributed by atoms with Crippen LogP contribution in [0.15, 0.2) is 12.1 Å². The molecule has 164 valence electrons. The largest absolute Gasteiger partial charge is 0.484 e. The molecular formula is C24H27NO5S. The normalized spacial score (nSPS) is 35.4. The van der Waals surface area contributed by atoms with Gasteiger partial charge >= 0.3 is 5.97 Å². The number of carbonyl (C=O) groups excluding carboxylic acids is 3. The number of ether oxygens (including phenoxy) is 2. The summed E-state index contributed by atoms with van der Waals surface area (Å²) in [5.41, 5.74) is 1.39. The summed E-state index contributed by atoms with van der Waals surface area (Å²) in [6.45, 7) is 4.87. The summed E-state index contributed by atoms with van der Waals surface area (Å²) < 4.78 is 12.1. The van der Waals surface area contributed by atoms with Crippen LogP contribution in [0.2, 0.25) is 0 Å². The minimum Gasteiger partial charge on any atom is -0.484 e. The van der Waals surface area contributed by atoms with Crippen molar-refractivity contribution in [2.45, 2.75) is 68.8 Å². The molecule has 0 N–H and O–H groups in total. The number of thioether (sulfide) groups is 1. The first-order valence-corrected chi connectivity index (χ1v) is 12.3. The molecule has 7 heteroatoms. The summed E-state index contributed by atoms with van der Waals surface area (Å²) in [5, 5.41) is 0.137. The zero-order chi connectivity index (χ0) is 21.5. The molecule has 1 aromatic rings. The lowest BCUT2D eigenvalue weighted by Gasteiger charge is -2.58. The molecule has 2 bridgehead atoms. The topological polar surface area (TPSA) is 72.9 Å². The Bertz CT molecular complexity index is 1000. The molecule has 2 heterocycles. The Morgan fingerprint density at radius 2 is 2.03 bits per heavy atom. The maximum absolute atomic E-state index is 13.8. The van der Waals surface area contributed by atoms with Crippen LogP contribution in [0.5, 0.6) is 11.5 Å². The van der Waals surface area contributed by atoms with Gasteiger partial charge in [0, 0.05) is 36.9 Å². The molecule has 3 aliphatic carbocycles. The molecule has 1 saturated heterocycles. The minimum absolute atomic E-state index is 0.0445. The minimum atomic E-state index is -0.405. The van der Waals surface area contributed by atoms with E-state index in [1.54, 1.807) is 13.0 Å². The van der Waals surface area contributed by atoms with Gasteiger partial charge in [0.1, 0.15) is 6.10 Å². The second kappa shape index (κ2) is 6.82. The van der Waals surface area contributed by atoms with Gasteiger partial charge in [0.25, 0.3) is 0 Å². The summed E-state index contributed by atoms with van der Waals surface area (Å²) in [4.78, 5) is 40.0. The van der Waals surface area contributed by atoms with E-state index in [1.165, 1.54) is 31.5 Å². The Kier molecular flexibility index (Phi) is 4.35. The van der Waals surface area contributed by atoms with E-state index in [0.717, 1.165) is 49.4 Å². The van der Waals surface area contributed by atoms with Gasteiger partial charge < -0.3 is 9.47 Å². The van der Waals surface area contributed by atoms with Crippen molar-refractivity contribution in [3.8, 4) is 11.5 Å². The molecule has 6 nitrogen and oxygen atoms in total. The lowest BCUT2D eigenvalue weighted by atomic mass is 9.51. The highest BCUT2D eigenvalue weighted by Crippen LogP contribution is 2.65. The van der Waals surface area contributed by atoms with E-state index in [4.69, 9.17) is 9.47 Å². The van der Waals surface area contributed by atoms with Crippen LogP contribution in [0.25, 0.3) is 0 Å². The van der Waals surface area contributed by atoms with Crippen molar-refractivity contribution < 1.29 is 23.9 Å². The Morgan fingerprint density at radius 1 is 1.23 bits per heavy atom. The molecule has 0 amide bonds. The first-order valence-electron chi connectivity index (χ1n) is 11.4. The fraction of sp³-hybridized carbons (Fsp3) is 0.625. The molecule has 1 spiro atoms. The zero-order valence-corrected chi connectivity index (χ0v) is 18.7. The SMILES string of the molecule is CC(=O)Oc1ccc2c3c1O[C@H]1[C@H](SC(C)=O)CCC4[C@@H](C2=O)N(CC2CC2)CCC341. The number of rotatable bonds is 4. The Hall–Kier alpha value is -1.86. The van der Waals surface area contributed by atoms with Crippen LogP contribution in [0.1, 0.15) is 61.9 Å². The molecule has 5 atom stereocenters. The molecular weight excluding hydrogens is 414 g/mol. The van der Waals surface area contributed by atoms with Gasteiger partial charge in [-0.15, -0.1) is 0 Å². The van der Waals surface area contributed by atoms with Crippen LogP contribution in [-0.2, 0) is 15.0 Å². The van der Waals surface area contributed by atoms with Crippen molar-refractivity contribution in [3.05, 3.63) is 23.3 Å². The number of Topliss-reactive ketones (excluding diaryl/α,β-unsaturated/α-hetero) is 1. The lowest BCUT2D eigenvalue weighted by Crippen LogP contribution is -2.68. The van der Waals surface area contributed by atoms with Gasteiger partial charge in [0.2, 0.25) is 0 Å². The predicted molar refractivity (Wildman–Crippen MR) is 116 cm³/mol. The van der Waals surface area contributed by atoms with Crippen LogP contribution in [0.4, 0.5) is 0 Å². The quantitative estimate of drug-likeness (QED) is 0.524. The zero-order valence-electron chi connectivity index (χ0n) is 17.9. The summed E-state index contributed by atoms with van der Waals surface area (Å²) in [6, 6.07) is 3.43. The average molecular weight is 442 g/mol. The monoisotopic (exact) mass is 441 g/mol. The third kappa shape index (κ3) is 2.78. The van der Waals surface area contributed by atoms with E-state index in [2.05, 4.69) is 4.90 Å². The summed E-state index contributed by atoms with van der Waals surface area (Å²) >= 11 is 1.37. The van der Waals surface area contributed by atoms with Crippen LogP contribution in [0.3, 0.4) is 0 Å². The molecule has 2 saturated carbocycles. The molecule has 31 heavy (non-hydrogen) atoms. The standard InChI is InChI=1S/C24H27NO5S/c1-12(26)29-17-7-5-15-19-22(17)30-23-18(31-13(2)27)8-6-16-20(21(15)28)25(11-14-3-4-14)10-9-24(16,19)23/h5,7,14,16,18,20,23H,3-4,6,8-11H2,1-2H3/t16?,18-,20+,23+,24?/m1/s1. The maximum Gasteiger partial charge on any atom is 0.308 e. The van der Waals surface area contributed by atoms with Gasteiger partial charge in [-0.05, 0) is 62.6 Å². The van der Waals surface area contributed by atoms with E-state index in [1.807, 2.05) is 6.07 Å². The number of ketones is 1. The number of carbonyl (C=O) groups is 3. The number of nitrogens with zero attached hydrogens (tertiary/aromatic N) is 1. The average Bonchev–Trinajstić information content (AvgIpc) is 3.46. The number of hydrogen-bond donors (Lipinski definition) is 0. The number of likely N-dealkylation sites (tertiary alicyclic amines) is 1. The third-order valence-corrected chi connectivity index (χ3v) is 9.10. The molecule has 1 aromatic carbocycles. The van der Waals surface area contributed by atoms with Crippen molar-refractivity contribution in [2.24, 2.45) is 11.8 Å². The first kappa shape index (κ1) is 19.8. The molecule has 6 rings (SSSR count). The lowest BCUT2D eigenvalue weighted by molar-refractivity contribution is -0.132. The first-order chi connectivity index (χ1) is 14.9. The van der Waals surface area contributed by atoms with E-state index in [-0.39, 0.29) is 39.6 Å². The van der Waals surface area contributed by atoms with Crippen LogP contribution in [-0.4, -0.2) is 52.3 Å². The summed E-state index contributed by atoms with van der Waals surface area (Å²) in [6.07, 6.45) is 5.04. The number of benzene rings is 1. The van der Waals surface area contributed by atoms with Crippen LogP contribution < -0.4 is 9.47 Å². The van der Waals surface area contributed by atoms with E-state index >= 15 is 0 Å². The Morgan fingerprint density at radius 3 is 2.74 bits per heavy atom. The molecule has 0 aromatic heterocycles. The summed E-state index contributed by atoms with van der Waals surface area (Å²) in [5.74, 6) is 1.65. The fourth-order valence-corrected chi connectivity index (χ4v) is 7.91. The van der Waals surface area contributed by atoms with Gasteiger partial charge in [-0.2, -0.15) is 0 Å². The van der Waals surface area contributed by atoms with Gasteiger partial charge in [0.15, 0.2) is 22.4 Å².